The van der Waals surface area contributed by atoms with Crippen LogP contribution in [-0.2, 0) is 0 Å². The van der Waals surface area contributed by atoms with Gasteiger partial charge >= 0.3 is 6.98 Å². The normalized spacial score (nSPS) is 11.2. The summed E-state index contributed by atoms with van der Waals surface area (Å²) in [5.74, 6) is 1.39. The van der Waals surface area contributed by atoms with Crippen LogP contribution in [0.4, 0.5) is 11.4 Å². The first-order chi connectivity index (χ1) is 14.4. The van der Waals surface area contributed by atoms with Gasteiger partial charge in [0.25, 0.3) is 0 Å². The zero-order chi connectivity index (χ0) is 21.7. The van der Waals surface area contributed by atoms with Crippen molar-refractivity contribution in [2.45, 2.75) is 59.3 Å². The highest BCUT2D eigenvalue weighted by Crippen LogP contribution is 2.27. The number of hydrogen-bond donors (Lipinski definition) is 2. The Morgan fingerprint density at radius 3 is 1.30 bits per heavy atom. The van der Waals surface area contributed by atoms with E-state index in [1.54, 1.807) is 0 Å². The molecule has 0 radical (unpaired) electrons. The second-order valence-corrected chi connectivity index (χ2v) is 9.03. The fourth-order valence-electron chi connectivity index (χ4n) is 3.93. The van der Waals surface area contributed by atoms with Gasteiger partial charge in [0.2, 0.25) is 0 Å². The van der Waals surface area contributed by atoms with Crippen molar-refractivity contribution in [1.82, 2.24) is 0 Å². The third-order valence-corrected chi connectivity index (χ3v) is 5.64. The standard InChI is InChI=1S/C27H35BN2/c1-19(2)22-17-25(20(3)4)27(26(18-22)21(5)6)28(29-23-13-9-7-10-14-23)30-24-15-11-8-12-16-24/h7-21,29-30H,1-6H3. The summed E-state index contributed by atoms with van der Waals surface area (Å²) in [6.45, 7) is 13.7. The van der Waals surface area contributed by atoms with Gasteiger partial charge in [0.15, 0.2) is 0 Å². The highest BCUT2D eigenvalue weighted by atomic mass is 15.0. The number of anilines is 2. The fourth-order valence-corrected chi connectivity index (χ4v) is 3.93. The number of rotatable bonds is 8. The minimum Gasteiger partial charge on any atom is -0.405 e. The summed E-state index contributed by atoms with van der Waals surface area (Å²) in [5.41, 5.74) is 7.86. The highest BCUT2D eigenvalue weighted by molar-refractivity contribution is 6.79. The minimum absolute atomic E-state index is 0.0224. The Hall–Kier alpha value is -2.68. The van der Waals surface area contributed by atoms with Crippen LogP contribution in [0, 0.1) is 0 Å². The molecule has 0 amide bonds. The lowest BCUT2D eigenvalue weighted by molar-refractivity contribution is 0.812. The van der Waals surface area contributed by atoms with Crippen LogP contribution in [0.25, 0.3) is 0 Å². The summed E-state index contributed by atoms with van der Waals surface area (Å²) in [5, 5.41) is 7.54. The Kier molecular flexibility index (Phi) is 7.26. The molecular formula is C27H35BN2. The predicted molar refractivity (Wildman–Crippen MR) is 134 cm³/mol. The lowest BCUT2D eigenvalue weighted by Gasteiger charge is -2.28. The van der Waals surface area contributed by atoms with E-state index >= 15 is 0 Å². The zero-order valence-corrected chi connectivity index (χ0v) is 19.2. The van der Waals surface area contributed by atoms with Crippen molar-refractivity contribution in [2.75, 3.05) is 10.5 Å². The SMILES string of the molecule is CC(C)c1cc(C(C)C)c(B(Nc2ccccc2)Nc2ccccc2)c(C(C)C)c1. The summed E-state index contributed by atoms with van der Waals surface area (Å²) < 4.78 is 0. The molecule has 3 aromatic carbocycles. The molecular weight excluding hydrogens is 363 g/mol. The molecule has 2 nitrogen and oxygen atoms in total. The molecule has 156 valence electrons. The van der Waals surface area contributed by atoms with Crippen LogP contribution in [0.5, 0.6) is 0 Å². The summed E-state index contributed by atoms with van der Waals surface area (Å²) in [6, 6.07) is 25.8. The maximum atomic E-state index is 3.77. The van der Waals surface area contributed by atoms with Gasteiger partial charge in [-0.1, -0.05) is 90.1 Å². The number of para-hydroxylation sites is 2. The van der Waals surface area contributed by atoms with Crippen molar-refractivity contribution in [3.63, 3.8) is 0 Å². The minimum atomic E-state index is -0.0224. The second-order valence-electron chi connectivity index (χ2n) is 9.03. The van der Waals surface area contributed by atoms with Gasteiger partial charge < -0.3 is 10.5 Å². The van der Waals surface area contributed by atoms with E-state index < -0.39 is 0 Å². The third-order valence-electron chi connectivity index (χ3n) is 5.64. The molecule has 0 aromatic heterocycles. The van der Waals surface area contributed by atoms with Gasteiger partial charge in [-0.3, -0.25) is 0 Å². The second kappa shape index (κ2) is 9.89. The Morgan fingerprint density at radius 1 is 0.567 bits per heavy atom. The van der Waals surface area contributed by atoms with E-state index in [4.69, 9.17) is 0 Å². The summed E-state index contributed by atoms with van der Waals surface area (Å²) in [4.78, 5) is 0. The van der Waals surface area contributed by atoms with E-state index in [9.17, 15) is 0 Å². The van der Waals surface area contributed by atoms with Crippen molar-refractivity contribution >= 4 is 23.8 Å². The van der Waals surface area contributed by atoms with Crippen molar-refractivity contribution in [1.29, 1.82) is 0 Å². The summed E-state index contributed by atoms with van der Waals surface area (Å²) in [6.07, 6.45) is 0. The zero-order valence-electron chi connectivity index (χ0n) is 19.2. The third kappa shape index (κ3) is 5.27. The maximum Gasteiger partial charge on any atom is 0.406 e. The molecule has 0 aliphatic rings. The van der Waals surface area contributed by atoms with Gasteiger partial charge in [-0.15, -0.1) is 0 Å². The molecule has 3 aromatic rings. The van der Waals surface area contributed by atoms with Gasteiger partial charge in [-0.25, -0.2) is 0 Å². The van der Waals surface area contributed by atoms with Crippen LogP contribution in [0.3, 0.4) is 0 Å². The largest absolute Gasteiger partial charge is 0.406 e. The first-order valence-electron chi connectivity index (χ1n) is 11.2. The topological polar surface area (TPSA) is 24.1 Å². The van der Waals surface area contributed by atoms with Gasteiger partial charge in [-0.2, -0.15) is 0 Å². The van der Waals surface area contributed by atoms with Crippen molar-refractivity contribution in [2.24, 2.45) is 0 Å². The van der Waals surface area contributed by atoms with Gasteiger partial charge in [0.05, 0.1) is 0 Å². The monoisotopic (exact) mass is 398 g/mol. The Morgan fingerprint density at radius 2 is 0.967 bits per heavy atom. The van der Waals surface area contributed by atoms with E-state index in [-0.39, 0.29) is 6.98 Å². The molecule has 0 atom stereocenters. The van der Waals surface area contributed by atoms with E-state index in [1.807, 2.05) is 0 Å². The number of nitrogens with one attached hydrogen (secondary N) is 2. The predicted octanol–water partition coefficient (Wildman–Crippen LogP) is 6.98. The van der Waals surface area contributed by atoms with Crippen LogP contribution in [0.2, 0.25) is 0 Å². The molecule has 0 fully saturated rings. The lowest BCUT2D eigenvalue weighted by Crippen LogP contribution is -2.50. The van der Waals surface area contributed by atoms with Gasteiger partial charge in [-0.05, 0) is 64.2 Å². The lowest BCUT2D eigenvalue weighted by atomic mass is 9.60. The van der Waals surface area contributed by atoms with Crippen molar-refractivity contribution in [3.05, 3.63) is 89.5 Å². The Bertz CT molecular complexity index is 863. The molecule has 0 saturated carbocycles. The molecule has 0 bridgehead atoms. The quantitative estimate of drug-likeness (QED) is 0.400. The van der Waals surface area contributed by atoms with Crippen molar-refractivity contribution in [3.8, 4) is 0 Å². The highest BCUT2D eigenvalue weighted by Gasteiger charge is 2.28. The van der Waals surface area contributed by atoms with Crippen LogP contribution >= 0.6 is 0 Å². The Balaban J connectivity index is 2.17. The molecule has 3 rings (SSSR count). The molecule has 2 N–H and O–H groups in total. The molecule has 0 heterocycles. The molecule has 0 aliphatic carbocycles. The molecule has 0 aliphatic heterocycles. The van der Waals surface area contributed by atoms with Crippen LogP contribution < -0.4 is 15.9 Å². The van der Waals surface area contributed by atoms with E-state index in [2.05, 4.69) is 125 Å². The van der Waals surface area contributed by atoms with Crippen LogP contribution in [0.15, 0.2) is 72.8 Å². The molecule has 0 unspecified atom stereocenters. The average molecular weight is 398 g/mol. The molecule has 3 heteroatoms. The first kappa shape index (κ1) is 22.0. The summed E-state index contributed by atoms with van der Waals surface area (Å²) in [7, 11) is 0. The smallest absolute Gasteiger partial charge is 0.405 e. The van der Waals surface area contributed by atoms with Gasteiger partial charge in [0.1, 0.15) is 0 Å². The van der Waals surface area contributed by atoms with Crippen molar-refractivity contribution < 1.29 is 0 Å². The van der Waals surface area contributed by atoms with E-state index in [1.165, 1.54) is 22.2 Å². The molecule has 0 spiro atoms. The summed E-state index contributed by atoms with van der Waals surface area (Å²) >= 11 is 0. The molecule has 30 heavy (non-hydrogen) atoms. The number of benzene rings is 3. The van der Waals surface area contributed by atoms with Crippen LogP contribution in [0.1, 0.15) is 76.0 Å². The average Bonchev–Trinajstić information content (AvgIpc) is 2.73. The van der Waals surface area contributed by atoms with Gasteiger partial charge in [0, 0.05) is 11.4 Å². The maximum absolute atomic E-state index is 3.77. The fraction of sp³-hybridized carbons (Fsp3) is 0.333. The van der Waals surface area contributed by atoms with E-state index in [0.717, 1.165) is 11.4 Å². The molecule has 0 saturated heterocycles. The number of hydrogen-bond acceptors (Lipinski definition) is 2. The van der Waals surface area contributed by atoms with E-state index in [0.29, 0.717) is 17.8 Å². The first-order valence-corrected chi connectivity index (χ1v) is 11.2. The van der Waals surface area contributed by atoms with Crippen LogP contribution in [-0.4, -0.2) is 6.98 Å². The Labute approximate surface area is 183 Å².